The molecule has 102 valence electrons. The number of hydrogen-bond acceptors (Lipinski definition) is 4. The maximum Gasteiger partial charge on any atom is 0.306 e. The van der Waals surface area contributed by atoms with Crippen molar-refractivity contribution in [3.63, 3.8) is 0 Å². The van der Waals surface area contributed by atoms with E-state index in [0.29, 0.717) is 12.8 Å². The molecule has 0 aromatic carbocycles. The van der Waals surface area contributed by atoms with Crippen molar-refractivity contribution in [2.45, 2.75) is 38.6 Å². The van der Waals surface area contributed by atoms with Crippen LogP contribution in [0.5, 0.6) is 0 Å². The van der Waals surface area contributed by atoms with Crippen molar-refractivity contribution < 1.29 is 19.5 Å². The lowest BCUT2D eigenvalue weighted by molar-refractivity contribution is -0.143. The monoisotopic (exact) mass is 257 g/mol. The van der Waals surface area contributed by atoms with Gasteiger partial charge in [-0.25, -0.2) is 0 Å². The second kappa shape index (κ2) is 6.95. The molecule has 0 spiro atoms. The Bertz CT molecular complexity index is 332. The standard InChI is InChI=1S/C11H19N3O4/c1-7(15)13-14-10(16)6-12-9-4-2-3-8(5-9)11(17)18/h8-9,12H,2-6H2,1H3,(H,13,15)(H,14,16)(H,17,18). The highest BCUT2D eigenvalue weighted by Gasteiger charge is 2.26. The van der Waals surface area contributed by atoms with E-state index in [1.807, 2.05) is 0 Å². The number of rotatable bonds is 4. The Morgan fingerprint density at radius 2 is 1.94 bits per heavy atom. The number of nitrogens with one attached hydrogen (secondary N) is 3. The molecule has 0 heterocycles. The van der Waals surface area contributed by atoms with Crippen LogP contribution in [0, 0.1) is 5.92 Å². The SMILES string of the molecule is CC(=O)NNC(=O)CNC1CCCC(C(=O)O)C1. The lowest BCUT2D eigenvalue weighted by Crippen LogP contribution is -2.47. The molecule has 1 saturated carbocycles. The average Bonchev–Trinajstić information content (AvgIpc) is 2.34. The van der Waals surface area contributed by atoms with E-state index in [1.165, 1.54) is 6.92 Å². The van der Waals surface area contributed by atoms with Gasteiger partial charge in [0, 0.05) is 13.0 Å². The molecule has 2 amide bonds. The summed E-state index contributed by atoms with van der Waals surface area (Å²) in [6, 6.07) is 0.0444. The maximum absolute atomic E-state index is 11.3. The van der Waals surface area contributed by atoms with E-state index >= 15 is 0 Å². The first-order valence-electron chi connectivity index (χ1n) is 6.00. The second-order valence-electron chi connectivity index (χ2n) is 4.51. The van der Waals surface area contributed by atoms with Gasteiger partial charge in [0.1, 0.15) is 0 Å². The van der Waals surface area contributed by atoms with Crippen LogP contribution < -0.4 is 16.2 Å². The molecule has 0 aromatic heterocycles. The third kappa shape index (κ3) is 5.13. The molecule has 1 fully saturated rings. The van der Waals surface area contributed by atoms with Crippen LogP contribution in [0.25, 0.3) is 0 Å². The molecule has 1 aliphatic carbocycles. The van der Waals surface area contributed by atoms with Crippen LogP contribution in [0.3, 0.4) is 0 Å². The van der Waals surface area contributed by atoms with E-state index in [0.717, 1.165) is 12.8 Å². The first-order chi connectivity index (χ1) is 8.49. The van der Waals surface area contributed by atoms with Gasteiger partial charge in [-0.3, -0.25) is 25.2 Å². The average molecular weight is 257 g/mol. The molecule has 7 heteroatoms. The molecule has 4 N–H and O–H groups in total. The van der Waals surface area contributed by atoms with E-state index in [9.17, 15) is 14.4 Å². The number of carboxylic acids is 1. The van der Waals surface area contributed by atoms with Crippen LogP contribution >= 0.6 is 0 Å². The van der Waals surface area contributed by atoms with Gasteiger partial charge < -0.3 is 10.4 Å². The largest absolute Gasteiger partial charge is 0.481 e. The quantitative estimate of drug-likeness (QED) is 0.502. The van der Waals surface area contributed by atoms with Crippen LogP contribution in [-0.4, -0.2) is 35.5 Å². The number of aliphatic carboxylic acids is 1. The summed E-state index contributed by atoms with van der Waals surface area (Å²) in [6.45, 7) is 1.36. The molecule has 18 heavy (non-hydrogen) atoms. The van der Waals surface area contributed by atoms with Gasteiger partial charge in [-0.2, -0.15) is 0 Å². The summed E-state index contributed by atoms with van der Waals surface area (Å²) < 4.78 is 0. The molecule has 0 aliphatic heterocycles. The highest BCUT2D eigenvalue weighted by Crippen LogP contribution is 2.24. The molecular weight excluding hydrogens is 238 g/mol. The summed E-state index contributed by atoms with van der Waals surface area (Å²) in [7, 11) is 0. The molecule has 0 saturated heterocycles. The smallest absolute Gasteiger partial charge is 0.306 e. The van der Waals surface area contributed by atoms with E-state index in [1.54, 1.807) is 0 Å². The molecule has 0 bridgehead atoms. The molecule has 1 aliphatic rings. The summed E-state index contributed by atoms with van der Waals surface area (Å²) >= 11 is 0. The van der Waals surface area contributed by atoms with Gasteiger partial charge in [0.25, 0.3) is 5.91 Å². The fourth-order valence-electron chi connectivity index (χ4n) is 2.04. The van der Waals surface area contributed by atoms with Gasteiger partial charge in [0.2, 0.25) is 5.91 Å². The zero-order valence-electron chi connectivity index (χ0n) is 10.4. The van der Waals surface area contributed by atoms with E-state index in [2.05, 4.69) is 16.2 Å². The van der Waals surface area contributed by atoms with Crippen molar-refractivity contribution in [1.82, 2.24) is 16.2 Å². The number of carbonyl (C=O) groups excluding carboxylic acids is 2. The fraction of sp³-hybridized carbons (Fsp3) is 0.727. The molecule has 0 radical (unpaired) electrons. The Morgan fingerprint density at radius 3 is 2.56 bits per heavy atom. The molecule has 0 aromatic rings. The highest BCUT2D eigenvalue weighted by molar-refractivity contribution is 5.81. The molecule has 7 nitrogen and oxygen atoms in total. The lowest BCUT2D eigenvalue weighted by Gasteiger charge is -2.27. The van der Waals surface area contributed by atoms with Crippen LogP contribution in [0.2, 0.25) is 0 Å². The minimum Gasteiger partial charge on any atom is -0.481 e. The van der Waals surface area contributed by atoms with Gasteiger partial charge in [-0.1, -0.05) is 6.42 Å². The van der Waals surface area contributed by atoms with Gasteiger partial charge in [-0.05, 0) is 19.3 Å². The summed E-state index contributed by atoms with van der Waals surface area (Å²) in [5.74, 6) is -1.78. The van der Waals surface area contributed by atoms with Crippen LogP contribution in [0.4, 0.5) is 0 Å². The minimum atomic E-state index is -0.774. The van der Waals surface area contributed by atoms with Crippen LogP contribution in [0.1, 0.15) is 32.6 Å². The number of hydrazine groups is 1. The first kappa shape index (κ1) is 14.4. The Kier molecular flexibility index (Phi) is 5.57. The number of carbonyl (C=O) groups is 3. The Balaban J connectivity index is 2.24. The minimum absolute atomic E-state index is 0.0444. The first-order valence-corrected chi connectivity index (χ1v) is 6.00. The molecule has 2 unspecified atom stereocenters. The van der Waals surface area contributed by atoms with E-state index in [-0.39, 0.29) is 30.3 Å². The summed E-state index contributed by atoms with van der Waals surface area (Å²) in [5.41, 5.74) is 4.43. The highest BCUT2D eigenvalue weighted by atomic mass is 16.4. The third-order valence-corrected chi connectivity index (χ3v) is 2.95. The van der Waals surface area contributed by atoms with Gasteiger partial charge in [0.15, 0.2) is 0 Å². The number of hydrogen-bond donors (Lipinski definition) is 4. The number of carboxylic acid groups (broad SMARTS) is 1. The summed E-state index contributed by atoms with van der Waals surface area (Å²) in [4.78, 5) is 32.7. The molecule has 2 atom stereocenters. The van der Waals surface area contributed by atoms with Crippen molar-refractivity contribution in [1.29, 1.82) is 0 Å². The van der Waals surface area contributed by atoms with Crippen LogP contribution in [-0.2, 0) is 14.4 Å². The lowest BCUT2D eigenvalue weighted by atomic mass is 9.86. The Labute approximate surface area is 105 Å². The summed E-state index contributed by atoms with van der Waals surface area (Å²) in [6.07, 6.45) is 2.97. The van der Waals surface area contributed by atoms with E-state index < -0.39 is 5.97 Å². The van der Waals surface area contributed by atoms with Crippen molar-refractivity contribution in [3.05, 3.63) is 0 Å². The maximum atomic E-state index is 11.3. The summed E-state index contributed by atoms with van der Waals surface area (Å²) in [5, 5.41) is 11.9. The molecular formula is C11H19N3O4. The van der Waals surface area contributed by atoms with Gasteiger partial charge >= 0.3 is 5.97 Å². The van der Waals surface area contributed by atoms with Crippen molar-refractivity contribution in [3.8, 4) is 0 Å². The Hall–Kier alpha value is -1.63. The predicted molar refractivity (Wildman–Crippen MR) is 63.3 cm³/mol. The predicted octanol–water partition coefficient (Wildman–Crippen LogP) is -0.613. The van der Waals surface area contributed by atoms with Crippen LogP contribution in [0.15, 0.2) is 0 Å². The topological polar surface area (TPSA) is 108 Å². The van der Waals surface area contributed by atoms with Crippen molar-refractivity contribution >= 4 is 17.8 Å². The van der Waals surface area contributed by atoms with Gasteiger partial charge in [0.05, 0.1) is 12.5 Å². The van der Waals surface area contributed by atoms with E-state index in [4.69, 9.17) is 5.11 Å². The number of amides is 2. The normalized spacial score (nSPS) is 23.2. The zero-order chi connectivity index (χ0) is 13.5. The second-order valence-corrected chi connectivity index (χ2v) is 4.51. The zero-order valence-corrected chi connectivity index (χ0v) is 10.4. The van der Waals surface area contributed by atoms with Gasteiger partial charge in [-0.15, -0.1) is 0 Å². The third-order valence-electron chi connectivity index (χ3n) is 2.95. The molecule has 1 rings (SSSR count). The fourth-order valence-corrected chi connectivity index (χ4v) is 2.04. The van der Waals surface area contributed by atoms with Crippen molar-refractivity contribution in [2.75, 3.05) is 6.54 Å². The van der Waals surface area contributed by atoms with Crippen molar-refractivity contribution in [2.24, 2.45) is 5.92 Å². The Morgan fingerprint density at radius 1 is 1.22 bits per heavy atom.